The number of nitrogens with zero attached hydrogens (tertiary/aromatic N) is 1. The molecule has 0 aromatic carbocycles. The van der Waals surface area contributed by atoms with Crippen molar-refractivity contribution in [3.63, 3.8) is 0 Å². The van der Waals surface area contributed by atoms with Crippen LogP contribution in [-0.2, 0) is 0 Å². The van der Waals surface area contributed by atoms with E-state index in [-0.39, 0.29) is 5.82 Å². The van der Waals surface area contributed by atoms with Crippen LogP contribution in [0.2, 0.25) is 0 Å². The van der Waals surface area contributed by atoms with E-state index in [0.29, 0.717) is 16.8 Å². The Hall–Kier alpha value is -1.58. The molecule has 0 saturated heterocycles. The van der Waals surface area contributed by atoms with Crippen LogP contribution in [0.25, 0.3) is 11.0 Å². The molecule has 0 bridgehead atoms. The number of hydrogen-bond donors (Lipinski definition) is 1. The Morgan fingerprint density at radius 2 is 2.42 bits per heavy atom. The normalized spacial score (nSPS) is 10.5. The number of H-pyrrole nitrogens is 1. The molecule has 0 aliphatic carbocycles. The Balaban J connectivity index is 2.71. The third-order valence-electron chi connectivity index (χ3n) is 1.69. The van der Waals surface area contributed by atoms with Gasteiger partial charge in [0.25, 0.3) is 0 Å². The van der Waals surface area contributed by atoms with Crippen LogP contribution in [0, 0.1) is 5.82 Å². The number of nitrogens with one attached hydrogen (secondary N) is 1. The highest BCUT2D eigenvalue weighted by atomic mass is 19.1. The molecule has 4 heteroatoms. The van der Waals surface area contributed by atoms with Gasteiger partial charge in [0, 0.05) is 6.20 Å². The molecule has 0 atom stereocenters. The standard InChI is InChI=1S/C8H7FN2O/c1-12-5-2-6-7(9)4-11-8(6)10-3-5/h2-4H,1H3,(H,10,11). The number of aromatic nitrogens is 2. The van der Waals surface area contributed by atoms with Crippen molar-refractivity contribution in [1.29, 1.82) is 0 Å². The molecule has 0 unspecified atom stereocenters. The van der Waals surface area contributed by atoms with E-state index in [1.54, 1.807) is 6.07 Å². The maximum absolute atomic E-state index is 12.9. The molecule has 0 amide bonds. The first-order valence-corrected chi connectivity index (χ1v) is 3.48. The van der Waals surface area contributed by atoms with Crippen LogP contribution in [0.1, 0.15) is 0 Å². The molecule has 2 rings (SSSR count). The molecule has 2 aromatic rings. The van der Waals surface area contributed by atoms with Gasteiger partial charge in [-0.25, -0.2) is 9.37 Å². The van der Waals surface area contributed by atoms with Crippen LogP contribution in [0.5, 0.6) is 5.75 Å². The summed E-state index contributed by atoms with van der Waals surface area (Å²) in [6, 6.07) is 1.61. The van der Waals surface area contributed by atoms with E-state index < -0.39 is 0 Å². The molecular formula is C8H7FN2O. The topological polar surface area (TPSA) is 37.9 Å². The molecule has 1 N–H and O–H groups in total. The second-order valence-corrected chi connectivity index (χ2v) is 2.41. The zero-order valence-corrected chi connectivity index (χ0v) is 6.47. The maximum Gasteiger partial charge on any atom is 0.150 e. The first-order valence-electron chi connectivity index (χ1n) is 3.48. The average molecular weight is 166 g/mol. The third-order valence-corrected chi connectivity index (χ3v) is 1.69. The van der Waals surface area contributed by atoms with Crippen molar-refractivity contribution < 1.29 is 9.13 Å². The fourth-order valence-electron chi connectivity index (χ4n) is 1.06. The van der Waals surface area contributed by atoms with Gasteiger partial charge in [-0.15, -0.1) is 0 Å². The molecule has 2 aromatic heterocycles. The van der Waals surface area contributed by atoms with Crippen LogP contribution >= 0.6 is 0 Å². The van der Waals surface area contributed by atoms with Gasteiger partial charge in [-0.1, -0.05) is 0 Å². The summed E-state index contributed by atoms with van der Waals surface area (Å²) >= 11 is 0. The van der Waals surface area contributed by atoms with Gasteiger partial charge < -0.3 is 9.72 Å². The Bertz CT molecular complexity index is 410. The van der Waals surface area contributed by atoms with E-state index in [9.17, 15) is 4.39 Å². The molecular weight excluding hydrogens is 159 g/mol. The van der Waals surface area contributed by atoms with Gasteiger partial charge in [0.15, 0.2) is 0 Å². The van der Waals surface area contributed by atoms with Gasteiger partial charge in [-0.3, -0.25) is 0 Å². The number of fused-ring (bicyclic) bond motifs is 1. The van der Waals surface area contributed by atoms with Crippen LogP contribution < -0.4 is 4.74 Å². The van der Waals surface area contributed by atoms with Crippen LogP contribution in [0.3, 0.4) is 0 Å². The molecule has 3 nitrogen and oxygen atoms in total. The fourth-order valence-corrected chi connectivity index (χ4v) is 1.06. The van der Waals surface area contributed by atoms with Gasteiger partial charge in [-0.05, 0) is 6.07 Å². The number of halogens is 1. The SMILES string of the molecule is COc1cnc2[nH]cc(F)c2c1. The van der Waals surface area contributed by atoms with E-state index in [0.717, 1.165) is 0 Å². The zero-order valence-electron chi connectivity index (χ0n) is 6.47. The highest BCUT2D eigenvalue weighted by molar-refractivity contribution is 5.77. The predicted octanol–water partition coefficient (Wildman–Crippen LogP) is 1.71. The first kappa shape index (κ1) is 7.09. The van der Waals surface area contributed by atoms with Crippen molar-refractivity contribution in [2.45, 2.75) is 0 Å². The van der Waals surface area contributed by atoms with E-state index in [1.807, 2.05) is 0 Å². The van der Waals surface area contributed by atoms with E-state index in [1.165, 1.54) is 19.5 Å². The summed E-state index contributed by atoms with van der Waals surface area (Å²) in [5.74, 6) is 0.248. The number of aromatic amines is 1. The molecule has 0 fully saturated rings. The summed E-state index contributed by atoms with van der Waals surface area (Å²) in [6.07, 6.45) is 2.81. The highest BCUT2D eigenvalue weighted by Gasteiger charge is 2.04. The Labute approximate surface area is 68.2 Å². The molecule has 0 radical (unpaired) electrons. The second kappa shape index (κ2) is 2.48. The number of methoxy groups -OCH3 is 1. The lowest BCUT2D eigenvalue weighted by Gasteiger charge is -1.96. The number of ether oxygens (including phenoxy) is 1. The highest BCUT2D eigenvalue weighted by Crippen LogP contribution is 2.19. The summed E-state index contributed by atoms with van der Waals surface area (Å²) in [5, 5.41) is 0.453. The van der Waals surface area contributed by atoms with Crippen LogP contribution in [0.4, 0.5) is 4.39 Å². The summed E-state index contributed by atoms with van der Waals surface area (Å²) < 4.78 is 17.8. The minimum atomic E-state index is -0.309. The Morgan fingerprint density at radius 3 is 3.17 bits per heavy atom. The third kappa shape index (κ3) is 0.922. The summed E-state index contributed by atoms with van der Waals surface area (Å²) in [6.45, 7) is 0. The lowest BCUT2D eigenvalue weighted by Crippen LogP contribution is -1.84. The second-order valence-electron chi connectivity index (χ2n) is 2.41. The Kier molecular flexibility index (Phi) is 1.46. The Morgan fingerprint density at radius 1 is 1.58 bits per heavy atom. The monoisotopic (exact) mass is 166 g/mol. The van der Waals surface area contributed by atoms with Crippen molar-refractivity contribution in [3.8, 4) is 5.75 Å². The quantitative estimate of drug-likeness (QED) is 0.700. The van der Waals surface area contributed by atoms with E-state index >= 15 is 0 Å². The number of rotatable bonds is 1. The van der Waals surface area contributed by atoms with Gasteiger partial charge in [0.05, 0.1) is 18.7 Å². The molecule has 62 valence electrons. The summed E-state index contributed by atoms with van der Waals surface area (Å²) in [7, 11) is 1.52. The largest absolute Gasteiger partial charge is 0.495 e. The van der Waals surface area contributed by atoms with Gasteiger partial charge in [0.2, 0.25) is 0 Å². The van der Waals surface area contributed by atoms with Crippen molar-refractivity contribution in [3.05, 3.63) is 24.3 Å². The molecule has 2 heterocycles. The van der Waals surface area contributed by atoms with Crippen LogP contribution in [0.15, 0.2) is 18.5 Å². The van der Waals surface area contributed by atoms with E-state index in [4.69, 9.17) is 4.74 Å². The van der Waals surface area contributed by atoms with E-state index in [2.05, 4.69) is 9.97 Å². The molecule has 0 saturated carbocycles. The molecule has 0 aliphatic rings. The minimum Gasteiger partial charge on any atom is -0.495 e. The summed E-state index contributed by atoms with van der Waals surface area (Å²) in [5.41, 5.74) is 0.535. The van der Waals surface area contributed by atoms with Crippen LogP contribution in [-0.4, -0.2) is 17.1 Å². The van der Waals surface area contributed by atoms with Crippen molar-refractivity contribution >= 4 is 11.0 Å². The zero-order chi connectivity index (χ0) is 8.55. The lowest BCUT2D eigenvalue weighted by atomic mass is 10.3. The van der Waals surface area contributed by atoms with Gasteiger partial charge in [-0.2, -0.15) is 0 Å². The van der Waals surface area contributed by atoms with Gasteiger partial charge in [0.1, 0.15) is 17.2 Å². The predicted molar refractivity (Wildman–Crippen MR) is 42.6 cm³/mol. The fraction of sp³-hybridized carbons (Fsp3) is 0.125. The van der Waals surface area contributed by atoms with Crippen molar-refractivity contribution in [2.24, 2.45) is 0 Å². The first-order chi connectivity index (χ1) is 5.81. The molecule has 0 aliphatic heterocycles. The van der Waals surface area contributed by atoms with Crippen molar-refractivity contribution in [2.75, 3.05) is 7.11 Å². The smallest absolute Gasteiger partial charge is 0.150 e. The molecule has 12 heavy (non-hydrogen) atoms. The summed E-state index contributed by atoms with van der Waals surface area (Å²) in [4.78, 5) is 6.65. The average Bonchev–Trinajstić information content (AvgIpc) is 2.47. The minimum absolute atomic E-state index is 0.309. The van der Waals surface area contributed by atoms with Crippen molar-refractivity contribution in [1.82, 2.24) is 9.97 Å². The number of pyridine rings is 1. The van der Waals surface area contributed by atoms with Gasteiger partial charge >= 0.3 is 0 Å². The number of hydrogen-bond acceptors (Lipinski definition) is 2. The lowest BCUT2D eigenvalue weighted by molar-refractivity contribution is 0.413. The molecule has 0 spiro atoms. The maximum atomic E-state index is 12.9.